The van der Waals surface area contributed by atoms with Crippen LogP contribution in [0.15, 0.2) is 224 Å². The molecule has 0 N–H and O–H groups in total. The predicted molar refractivity (Wildman–Crippen MR) is 372 cm³/mol. The van der Waals surface area contributed by atoms with Crippen LogP contribution in [0.2, 0.25) is 0 Å². The fourth-order valence-electron chi connectivity index (χ4n) is 15.2. The van der Waals surface area contributed by atoms with E-state index < -0.39 is 5.41 Å². The first-order chi connectivity index (χ1) is 41.7. The van der Waals surface area contributed by atoms with Gasteiger partial charge in [0.05, 0.1) is 28.2 Å². The Hall–Kier alpha value is -9.18. The molecular weight excluding hydrogens is 1050 g/mol. The minimum atomic E-state index is -0.854. The summed E-state index contributed by atoms with van der Waals surface area (Å²) in [7, 11) is 0. The summed E-state index contributed by atoms with van der Waals surface area (Å²) in [5, 5.41) is 0. The summed E-state index contributed by atoms with van der Waals surface area (Å²) in [6.45, 7) is 39.6. The Labute approximate surface area is 518 Å². The standard InChI is InChI=1S/C84H81N3/c1-17-63(85(80-58(9)53(4)47-54(5)59(80)10)66-41-43-70-68-24-18-20-26-72(68)82(13,14)75(70)49-66)38-33-57(8)84(74-28-22-23-29-78(74)87(65-36-30-51(2)31-37-65)79-45-32-52(3)46-77(79)84)62-34-39-64(40-35-62)86(81-60(11)55(6)48-56(7)61(81)12)67-42-44-71-69-25-19-21-27-73(69)83(15,16)76(71)50-67/h17-50H,8H2,1-7,9-16H3/b38-33-,63-17+. The summed E-state index contributed by atoms with van der Waals surface area (Å²) >= 11 is 0. The van der Waals surface area contributed by atoms with Crippen LogP contribution in [0.25, 0.3) is 22.3 Å². The summed E-state index contributed by atoms with van der Waals surface area (Å²) in [4.78, 5) is 7.52. The number of hydrogen-bond acceptors (Lipinski definition) is 3. The van der Waals surface area contributed by atoms with Crippen molar-refractivity contribution in [1.82, 2.24) is 0 Å². The molecule has 1 aliphatic heterocycles. The first kappa shape index (κ1) is 56.9. The predicted octanol–water partition coefficient (Wildman–Crippen LogP) is 22.8. The van der Waals surface area contributed by atoms with Crippen molar-refractivity contribution >= 4 is 45.5 Å². The van der Waals surface area contributed by atoms with Crippen LogP contribution < -0.4 is 14.7 Å². The maximum atomic E-state index is 5.33. The molecule has 0 aromatic heterocycles. The van der Waals surface area contributed by atoms with E-state index in [0.29, 0.717) is 0 Å². The molecule has 0 fully saturated rings. The molecule has 3 heteroatoms. The maximum absolute atomic E-state index is 5.33. The second kappa shape index (κ2) is 21.1. The van der Waals surface area contributed by atoms with E-state index in [1.165, 1.54) is 123 Å². The molecule has 0 radical (unpaired) electrons. The monoisotopic (exact) mass is 1130 g/mol. The Morgan fingerprint density at radius 3 is 1.43 bits per heavy atom. The molecule has 0 bridgehead atoms. The van der Waals surface area contributed by atoms with Crippen LogP contribution in [0.3, 0.4) is 0 Å². The van der Waals surface area contributed by atoms with Crippen molar-refractivity contribution in [3.8, 4) is 22.3 Å². The number of anilines is 8. The zero-order valence-corrected chi connectivity index (χ0v) is 53.7. The average Bonchev–Trinajstić information content (AvgIpc) is 1.48. The van der Waals surface area contributed by atoms with E-state index in [1.807, 2.05) is 0 Å². The number of fused-ring (bicyclic) bond motifs is 8. The third-order valence-corrected chi connectivity index (χ3v) is 20.4. The number of allylic oxidation sites excluding steroid dienone is 4. The highest BCUT2D eigenvalue weighted by Crippen LogP contribution is 2.59. The van der Waals surface area contributed by atoms with Gasteiger partial charge in [-0.3, -0.25) is 0 Å². The average molecular weight is 1130 g/mol. The summed E-state index contributed by atoms with van der Waals surface area (Å²) in [5.41, 5.74) is 36.8. The number of hydrogen-bond donors (Lipinski definition) is 0. The fourth-order valence-corrected chi connectivity index (χ4v) is 15.2. The van der Waals surface area contributed by atoms with E-state index in [-0.39, 0.29) is 10.8 Å². The number of rotatable bonds is 11. The van der Waals surface area contributed by atoms with Gasteiger partial charge in [0.15, 0.2) is 0 Å². The molecule has 0 saturated carbocycles. The van der Waals surface area contributed by atoms with Gasteiger partial charge in [0, 0.05) is 39.3 Å². The minimum absolute atomic E-state index is 0.165. The maximum Gasteiger partial charge on any atom is 0.0736 e. The quantitative estimate of drug-likeness (QED) is 0.120. The number of para-hydroxylation sites is 1. The van der Waals surface area contributed by atoms with Gasteiger partial charge in [-0.25, -0.2) is 0 Å². The molecule has 10 aromatic carbocycles. The van der Waals surface area contributed by atoms with Gasteiger partial charge >= 0.3 is 0 Å². The molecule has 432 valence electrons. The molecule has 1 heterocycles. The van der Waals surface area contributed by atoms with Crippen LogP contribution in [0.4, 0.5) is 45.5 Å². The van der Waals surface area contributed by atoms with Crippen LogP contribution in [0.1, 0.15) is 129 Å². The van der Waals surface area contributed by atoms with Gasteiger partial charge in [-0.2, -0.15) is 0 Å². The van der Waals surface area contributed by atoms with Gasteiger partial charge in [0.25, 0.3) is 0 Å². The van der Waals surface area contributed by atoms with Gasteiger partial charge in [0.1, 0.15) is 0 Å². The largest absolute Gasteiger partial charge is 0.310 e. The minimum Gasteiger partial charge on any atom is -0.310 e. The van der Waals surface area contributed by atoms with E-state index in [2.05, 4.69) is 325 Å². The highest BCUT2D eigenvalue weighted by Gasteiger charge is 2.47. The summed E-state index contributed by atoms with van der Waals surface area (Å²) in [5.74, 6) is 0. The van der Waals surface area contributed by atoms with E-state index in [4.69, 9.17) is 6.58 Å². The van der Waals surface area contributed by atoms with E-state index >= 15 is 0 Å². The second-order valence-corrected chi connectivity index (χ2v) is 26.3. The lowest BCUT2D eigenvalue weighted by molar-refractivity contribution is 0.660. The molecule has 1 atom stereocenters. The zero-order chi connectivity index (χ0) is 61.2. The topological polar surface area (TPSA) is 9.72 Å². The van der Waals surface area contributed by atoms with Crippen molar-refractivity contribution in [2.45, 2.75) is 120 Å². The van der Waals surface area contributed by atoms with Gasteiger partial charge in [0.2, 0.25) is 0 Å². The van der Waals surface area contributed by atoms with Crippen molar-refractivity contribution in [3.63, 3.8) is 0 Å². The lowest BCUT2D eigenvalue weighted by Gasteiger charge is -2.47. The van der Waals surface area contributed by atoms with Crippen LogP contribution in [-0.2, 0) is 16.2 Å². The summed E-state index contributed by atoms with van der Waals surface area (Å²) < 4.78 is 0. The van der Waals surface area contributed by atoms with Crippen molar-refractivity contribution in [2.24, 2.45) is 0 Å². The third-order valence-electron chi connectivity index (χ3n) is 20.4. The zero-order valence-electron chi connectivity index (χ0n) is 53.7. The molecule has 0 amide bonds. The van der Waals surface area contributed by atoms with Gasteiger partial charge in [-0.05, 0) is 254 Å². The Bertz CT molecular complexity index is 4490. The van der Waals surface area contributed by atoms with Crippen molar-refractivity contribution < 1.29 is 0 Å². The highest BCUT2D eigenvalue weighted by atomic mass is 15.2. The second-order valence-electron chi connectivity index (χ2n) is 26.3. The molecule has 1 unspecified atom stereocenters. The van der Waals surface area contributed by atoms with Crippen LogP contribution in [0, 0.1) is 69.2 Å². The van der Waals surface area contributed by atoms with Crippen LogP contribution in [-0.4, -0.2) is 0 Å². The Morgan fingerprint density at radius 2 is 0.862 bits per heavy atom. The molecule has 2 aliphatic carbocycles. The molecule has 87 heavy (non-hydrogen) atoms. The van der Waals surface area contributed by atoms with E-state index in [1.54, 1.807) is 0 Å². The van der Waals surface area contributed by atoms with Gasteiger partial charge in [-0.15, -0.1) is 0 Å². The molecule has 13 rings (SSSR count). The van der Waals surface area contributed by atoms with E-state index in [9.17, 15) is 0 Å². The lowest BCUT2D eigenvalue weighted by atomic mass is 9.62. The number of benzene rings is 10. The lowest BCUT2D eigenvalue weighted by Crippen LogP contribution is -2.38. The fraction of sp³-hybridized carbons (Fsp3) is 0.214. The molecule has 0 saturated heterocycles. The SMILES string of the molecule is C=C(/C=C\C(=C/C)N(c1ccc2c(c1)C(C)(C)c1ccccc1-2)c1c(C)c(C)cc(C)c1C)C1(c2ccc(N(c3ccc4c(c3)C(C)(C)c3ccccc3-4)c3c(C)c(C)cc(C)c3C)cc2)c2ccccc2N(c2ccc(C)cc2)c2ccc(C)cc21. The molecule has 10 aromatic rings. The molecule has 0 spiro atoms. The third kappa shape index (κ3) is 8.74. The summed E-state index contributed by atoms with van der Waals surface area (Å²) in [6, 6.07) is 71.5. The van der Waals surface area contributed by atoms with Gasteiger partial charge < -0.3 is 14.7 Å². The highest BCUT2D eigenvalue weighted by molar-refractivity contribution is 5.92. The Morgan fingerprint density at radius 1 is 0.402 bits per heavy atom. The molecule has 3 aliphatic rings. The van der Waals surface area contributed by atoms with Crippen LogP contribution in [0.5, 0.6) is 0 Å². The first-order valence-corrected chi connectivity index (χ1v) is 31.1. The summed E-state index contributed by atoms with van der Waals surface area (Å²) in [6.07, 6.45) is 6.96. The van der Waals surface area contributed by atoms with Gasteiger partial charge in [-0.1, -0.05) is 185 Å². The van der Waals surface area contributed by atoms with Crippen LogP contribution >= 0.6 is 0 Å². The smallest absolute Gasteiger partial charge is 0.0736 e. The molecule has 3 nitrogen and oxygen atoms in total. The normalized spacial score (nSPS) is 15.8. The molecular formula is C84H81N3. The first-order valence-electron chi connectivity index (χ1n) is 31.1. The number of aryl methyl sites for hydroxylation is 6. The Kier molecular flexibility index (Phi) is 13.8. The van der Waals surface area contributed by atoms with Crippen molar-refractivity contribution in [3.05, 3.63) is 319 Å². The van der Waals surface area contributed by atoms with E-state index in [0.717, 1.165) is 51.0 Å². The van der Waals surface area contributed by atoms with Crippen molar-refractivity contribution in [2.75, 3.05) is 14.7 Å². The number of nitrogens with zero attached hydrogens (tertiary/aromatic N) is 3. The Balaban J connectivity index is 1.02. The van der Waals surface area contributed by atoms with Crippen molar-refractivity contribution in [1.29, 1.82) is 0 Å².